The summed E-state index contributed by atoms with van der Waals surface area (Å²) in [5.74, 6) is 0. The summed E-state index contributed by atoms with van der Waals surface area (Å²) in [7, 11) is 0. The van der Waals surface area contributed by atoms with E-state index in [9.17, 15) is 0 Å². The van der Waals surface area contributed by atoms with Crippen LogP contribution in [0.2, 0.25) is 0 Å². The van der Waals surface area contributed by atoms with Crippen LogP contribution < -0.4 is 0 Å². The summed E-state index contributed by atoms with van der Waals surface area (Å²) in [4.78, 5) is 17.9. The quantitative estimate of drug-likeness (QED) is 0.334. The van der Waals surface area contributed by atoms with Crippen LogP contribution in [0.4, 0.5) is 0 Å². The van der Waals surface area contributed by atoms with Crippen LogP contribution in [0.1, 0.15) is 11.1 Å². The van der Waals surface area contributed by atoms with E-state index < -0.39 is 0 Å². The van der Waals surface area contributed by atoms with Gasteiger partial charge in [-0.15, -0.1) is 0 Å². The fourth-order valence-electron chi connectivity index (χ4n) is 3.71. The number of aryl methyl sites for hydroxylation is 2. The van der Waals surface area contributed by atoms with Crippen molar-refractivity contribution >= 4 is 0 Å². The van der Waals surface area contributed by atoms with Gasteiger partial charge in [-0.1, -0.05) is 24.3 Å². The second-order valence-electron chi connectivity index (χ2n) is 7.87. The molecular weight excluding hydrogens is 392 g/mol. The Morgan fingerprint density at radius 1 is 0.375 bits per heavy atom. The van der Waals surface area contributed by atoms with E-state index in [1.54, 1.807) is 0 Å². The predicted molar refractivity (Wildman–Crippen MR) is 129 cm³/mol. The molecule has 4 nitrogen and oxygen atoms in total. The lowest BCUT2D eigenvalue weighted by Gasteiger charge is -2.08. The average Bonchev–Trinajstić information content (AvgIpc) is 2.84. The molecule has 0 bridgehead atoms. The summed E-state index contributed by atoms with van der Waals surface area (Å²) in [5.41, 5.74) is 10.4. The van der Waals surface area contributed by atoms with Crippen molar-refractivity contribution in [3.63, 3.8) is 0 Å². The second-order valence-corrected chi connectivity index (χ2v) is 7.87. The smallest absolute Gasteiger partial charge is 0.0892 e. The molecule has 0 saturated carbocycles. The van der Waals surface area contributed by atoms with Gasteiger partial charge in [0.05, 0.1) is 22.8 Å². The van der Waals surface area contributed by atoms with E-state index in [4.69, 9.17) is 0 Å². The van der Waals surface area contributed by atoms with Crippen molar-refractivity contribution in [2.24, 2.45) is 0 Å². The zero-order chi connectivity index (χ0) is 21.9. The molecule has 0 aliphatic carbocycles. The van der Waals surface area contributed by atoms with Crippen LogP contribution in [-0.4, -0.2) is 19.9 Å². The molecule has 4 heteroatoms. The fraction of sp³-hybridized carbons (Fsp3) is 0.0714. The Morgan fingerprint density at radius 2 is 0.719 bits per heavy atom. The third-order valence-electron chi connectivity index (χ3n) is 5.43. The molecule has 0 amide bonds. The Morgan fingerprint density at radius 3 is 1.09 bits per heavy atom. The monoisotopic (exact) mass is 414 g/mol. The van der Waals surface area contributed by atoms with Gasteiger partial charge in [0.2, 0.25) is 0 Å². The Labute approximate surface area is 187 Å². The first kappa shape index (κ1) is 19.8. The summed E-state index contributed by atoms with van der Waals surface area (Å²) in [6, 6.07) is 24.9. The van der Waals surface area contributed by atoms with Crippen LogP contribution in [0, 0.1) is 13.8 Å². The van der Waals surface area contributed by atoms with Gasteiger partial charge >= 0.3 is 0 Å². The number of rotatable bonds is 4. The first-order valence-electron chi connectivity index (χ1n) is 10.5. The minimum atomic E-state index is 0.875. The van der Waals surface area contributed by atoms with E-state index in [0.717, 1.165) is 45.0 Å². The number of hydrogen-bond donors (Lipinski definition) is 0. The topological polar surface area (TPSA) is 51.6 Å². The van der Waals surface area contributed by atoms with Gasteiger partial charge in [0, 0.05) is 24.8 Å². The van der Waals surface area contributed by atoms with Crippen molar-refractivity contribution in [3.8, 4) is 45.0 Å². The second kappa shape index (κ2) is 8.52. The molecule has 4 heterocycles. The SMILES string of the molecule is Cc1ccnc(-c2cc(-c3ccc(-c4ccnc(-c5cc(C)ccn5)c4)cc3)ccn2)c1. The molecule has 4 aromatic heterocycles. The van der Waals surface area contributed by atoms with Crippen molar-refractivity contribution in [2.45, 2.75) is 13.8 Å². The summed E-state index contributed by atoms with van der Waals surface area (Å²) in [5, 5.41) is 0. The highest BCUT2D eigenvalue weighted by Crippen LogP contribution is 2.28. The zero-order valence-electron chi connectivity index (χ0n) is 18.0. The minimum absolute atomic E-state index is 0.875. The summed E-state index contributed by atoms with van der Waals surface area (Å²) >= 11 is 0. The highest BCUT2D eigenvalue weighted by molar-refractivity contribution is 5.74. The fourth-order valence-corrected chi connectivity index (χ4v) is 3.71. The van der Waals surface area contributed by atoms with Crippen LogP contribution in [-0.2, 0) is 0 Å². The van der Waals surface area contributed by atoms with Gasteiger partial charge in [-0.2, -0.15) is 0 Å². The molecule has 0 N–H and O–H groups in total. The van der Waals surface area contributed by atoms with Gasteiger partial charge in [0.1, 0.15) is 0 Å². The lowest BCUT2D eigenvalue weighted by atomic mass is 10.00. The molecule has 0 unspecified atom stereocenters. The minimum Gasteiger partial charge on any atom is -0.255 e. The van der Waals surface area contributed by atoms with Crippen LogP contribution in [0.3, 0.4) is 0 Å². The van der Waals surface area contributed by atoms with Crippen molar-refractivity contribution in [1.29, 1.82) is 0 Å². The van der Waals surface area contributed by atoms with E-state index >= 15 is 0 Å². The number of benzene rings is 1. The van der Waals surface area contributed by atoms with E-state index in [-0.39, 0.29) is 0 Å². The first-order chi connectivity index (χ1) is 15.7. The molecule has 154 valence electrons. The first-order valence-corrected chi connectivity index (χ1v) is 10.5. The van der Waals surface area contributed by atoms with Gasteiger partial charge in [0.25, 0.3) is 0 Å². The summed E-state index contributed by atoms with van der Waals surface area (Å²) in [6.45, 7) is 4.13. The van der Waals surface area contributed by atoms with Crippen LogP contribution in [0.15, 0.2) is 97.6 Å². The van der Waals surface area contributed by atoms with Gasteiger partial charge in [-0.3, -0.25) is 19.9 Å². The Balaban J connectivity index is 1.44. The Hall–Kier alpha value is -4.18. The molecule has 5 aromatic rings. The van der Waals surface area contributed by atoms with E-state index in [1.807, 2.05) is 49.1 Å². The van der Waals surface area contributed by atoms with Gasteiger partial charge in [-0.25, -0.2) is 0 Å². The van der Waals surface area contributed by atoms with Gasteiger partial charge in [-0.05, 0) is 95.8 Å². The standard InChI is InChI=1S/C28H22N4/c1-19-7-11-29-25(15-19)27-17-23(9-13-31-27)21-3-5-22(6-4-21)24-10-14-32-28(18-24)26-16-20(2)8-12-30-26/h3-18H,1-2H3. The maximum absolute atomic E-state index is 4.51. The predicted octanol–water partition coefficient (Wildman–Crippen LogP) is 6.55. The van der Waals surface area contributed by atoms with Crippen LogP contribution >= 0.6 is 0 Å². The Kier molecular flexibility index (Phi) is 5.26. The van der Waals surface area contributed by atoms with Crippen LogP contribution in [0.5, 0.6) is 0 Å². The zero-order valence-corrected chi connectivity index (χ0v) is 18.0. The number of pyridine rings is 4. The normalized spacial score (nSPS) is 10.8. The highest BCUT2D eigenvalue weighted by Gasteiger charge is 2.07. The van der Waals surface area contributed by atoms with Crippen molar-refractivity contribution in [2.75, 3.05) is 0 Å². The molecular formula is C28H22N4. The van der Waals surface area contributed by atoms with Crippen molar-refractivity contribution in [3.05, 3.63) is 109 Å². The highest BCUT2D eigenvalue weighted by atomic mass is 14.8. The molecule has 1 aromatic carbocycles. The van der Waals surface area contributed by atoms with Crippen molar-refractivity contribution in [1.82, 2.24) is 19.9 Å². The lowest BCUT2D eigenvalue weighted by molar-refractivity contribution is 1.23. The van der Waals surface area contributed by atoms with E-state index in [0.29, 0.717) is 0 Å². The summed E-state index contributed by atoms with van der Waals surface area (Å²) in [6.07, 6.45) is 7.32. The Bertz CT molecular complexity index is 1280. The molecule has 0 fully saturated rings. The largest absolute Gasteiger partial charge is 0.255 e. The number of aromatic nitrogens is 4. The van der Waals surface area contributed by atoms with Gasteiger partial charge < -0.3 is 0 Å². The van der Waals surface area contributed by atoms with E-state index in [1.165, 1.54) is 11.1 Å². The van der Waals surface area contributed by atoms with Crippen molar-refractivity contribution < 1.29 is 0 Å². The molecule has 32 heavy (non-hydrogen) atoms. The average molecular weight is 415 g/mol. The molecule has 0 atom stereocenters. The third-order valence-corrected chi connectivity index (χ3v) is 5.43. The summed E-state index contributed by atoms with van der Waals surface area (Å²) < 4.78 is 0. The molecule has 0 aliphatic heterocycles. The molecule has 0 aliphatic rings. The number of hydrogen-bond acceptors (Lipinski definition) is 4. The number of nitrogens with zero attached hydrogens (tertiary/aromatic N) is 4. The van der Waals surface area contributed by atoms with E-state index in [2.05, 4.69) is 82.3 Å². The third kappa shape index (κ3) is 4.16. The van der Waals surface area contributed by atoms with Gasteiger partial charge in [0.15, 0.2) is 0 Å². The molecule has 5 rings (SSSR count). The molecule has 0 saturated heterocycles. The molecule has 0 spiro atoms. The lowest BCUT2D eigenvalue weighted by Crippen LogP contribution is -1.90. The maximum Gasteiger partial charge on any atom is 0.0892 e. The molecule has 0 radical (unpaired) electrons. The maximum atomic E-state index is 4.51. The van der Waals surface area contributed by atoms with Crippen LogP contribution in [0.25, 0.3) is 45.0 Å².